The topological polar surface area (TPSA) is 108 Å². The van der Waals surface area contributed by atoms with Crippen molar-refractivity contribution < 1.29 is 27.3 Å². The Hall–Kier alpha value is -2.99. The predicted molar refractivity (Wildman–Crippen MR) is 65.4 cm³/mol. The fraction of sp³-hybridized carbons (Fsp3) is 0.300. The largest absolute Gasteiger partial charge is 0.309 e. The third-order valence-electron chi connectivity index (χ3n) is 2.59. The summed E-state index contributed by atoms with van der Waals surface area (Å²) in [4.78, 5) is 22.1. The lowest BCUT2D eigenvalue weighted by atomic mass is 10.3. The summed E-state index contributed by atoms with van der Waals surface area (Å²) in [6, 6.07) is 0.501. The highest BCUT2D eigenvalue weighted by atomic mass is 19.3. The molecule has 2 aromatic heterocycles. The Morgan fingerprint density at radius 3 is 2.57 bits per heavy atom. The number of halogens is 4. The number of nitro groups is 1. The van der Waals surface area contributed by atoms with Crippen molar-refractivity contribution in [3.63, 3.8) is 0 Å². The van der Waals surface area contributed by atoms with Gasteiger partial charge >= 0.3 is 5.69 Å². The molecule has 0 fully saturated rings. The average molecular weight is 336 g/mol. The Labute approximate surface area is 124 Å². The van der Waals surface area contributed by atoms with Crippen molar-refractivity contribution in [2.75, 3.05) is 5.43 Å². The van der Waals surface area contributed by atoms with Crippen molar-refractivity contribution in [3.05, 3.63) is 40.0 Å². The van der Waals surface area contributed by atoms with E-state index >= 15 is 0 Å². The molecule has 0 aliphatic rings. The lowest BCUT2D eigenvalue weighted by Crippen LogP contribution is -2.28. The molecule has 0 saturated carbocycles. The lowest BCUT2D eigenvalue weighted by molar-refractivity contribution is -0.384. The summed E-state index contributed by atoms with van der Waals surface area (Å²) in [6.45, 7) is -0.792. The molecule has 0 aromatic carbocycles. The number of carbonyl (C=O) groups is 1. The van der Waals surface area contributed by atoms with Crippen molar-refractivity contribution in [3.8, 4) is 0 Å². The van der Waals surface area contributed by atoms with Gasteiger partial charge in [0.25, 0.3) is 18.8 Å². The SMILES string of the molecule is O=C(Cn1nc(C(F)F)cc1C(F)F)Nn1cc([N+](=O)[O-])cn1. The molecule has 0 aliphatic carbocycles. The summed E-state index contributed by atoms with van der Waals surface area (Å²) in [5, 5.41) is 17.1. The Balaban J connectivity index is 2.11. The van der Waals surface area contributed by atoms with E-state index < -0.39 is 47.3 Å². The Morgan fingerprint density at radius 1 is 1.35 bits per heavy atom. The second-order valence-corrected chi connectivity index (χ2v) is 4.19. The van der Waals surface area contributed by atoms with Crippen LogP contribution >= 0.6 is 0 Å². The maximum absolute atomic E-state index is 12.7. The smallest absolute Gasteiger partial charge is 0.271 e. The summed E-state index contributed by atoms with van der Waals surface area (Å²) in [7, 11) is 0. The highest BCUT2D eigenvalue weighted by Crippen LogP contribution is 2.24. The molecular formula is C10H8F4N6O3. The van der Waals surface area contributed by atoms with E-state index in [1.165, 1.54) is 0 Å². The Morgan fingerprint density at radius 2 is 2.04 bits per heavy atom. The summed E-state index contributed by atoms with van der Waals surface area (Å²) in [5.41, 5.74) is -0.0974. The van der Waals surface area contributed by atoms with Gasteiger partial charge in [-0.05, 0) is 6.07 Å². The monoisotopic (exact) mass is 336 g/mol. The van der Waals surface area contributed by atoms with E-state index in [0.717, 1.165) is 12.4 Å². The number of aromatic nitrogens is 4. The molecule has 124 valence electrons. The van der Waals surface area contributed by atoms with Crippen LogP contribution in [0.5, 0.6) is 0 Å². The summed E-state index contributed by atoms with van der Waals surface area (Å²) < 4.78 is 50.9. The molecule has 23 heavy (non-hydrogen) atoms. The number of amides is 1. The lowest BCUT2D eigenvalue weighted by Gasteiger charge is -2.07. The van der Waals surface area contributed by atoms with Gasteiger partial charge < -0.3 is 0 Å². The molecule has 0 unspecified atom stereocenters. The van der Waals surface area contributed by atoms with Crippen LogP contribution in [0.1, 0.15) is 24.2 Å². The molecule has 2 heterocycles. The maximum atomic E-state index is 12.7. The van der Waals surface area contributed by atoms with E-state index in [-0.39, 0.29) is 0 Å². The van der Waals surface area contributed by atoms with Crippen LogP contribution in [0.3, 0.4) is 0 Å². The molecule has 0 atom stereocenters. The van der Waals surface area contributed by atoms with Gasteiger partial charge in [-0.3, -0.25) is 19.6 Å². The fourth-order valence-electron chi connectivity index (χ4n) is 1.63. The first-order valence-corrected chi connectivity index (χ1v) is 5.90. The number of nitrogens with zero attached hydrogens (tertiary/aromatic N) is 5. The minimum Gasteiger partial charge on any atom is -0.271 e. The molecule has 1 N–H and O–H groups in total. The first-order chi connectivity index (χ1) is 10.8. The normalized spacial score (nSPS) is 11.2. The van der Waals surface area contributed by atoms with E-state index in [1.807, 2.05) is 5.43 Å². The molecule has 1 amide bonds. The van der Waals surface area contributed by atoms with Crippen LogP contribution < -0.4 is 5.43 Å². The molecule has 13 heteroatoms. The van der Waals surface area contributed by atoms with Gasteiger partial charge in [0.1, 0.15) is 30.3 Å². The zero-order valence-corrected chi connectivity index (χ0v) is 11.1. The number of hydrogen-bond acceptors (Lipinski definition) is 5. The van der Waals surface area contributed by atoms with Gasteiger partial charge in [0.2, 0.25) is 0 Å². The van der Waals surface area contributed by atoms with Crippen LogP contribution in [0, 0.1) is 10.1 Å². The van der Waals surface area contributed by atoms with E-state index in [1.54, 1.807) is 0 Å². The van der Waals surface area contributed by atoms with Gasteiger partial charge in [-0.1, -0.05) is 0 Å². The Kier molecular flexibility index (Phi) is 4.57. The third-order valence-corrected chi connectivity index (χ3v) is 2.59. The van der Waals surface area contributed by atoms with Crippen LogP contribution in [0.25, 0.3) is 0 Å². The number of nitrogens with one attached hydrogen (secondary N) is 1. The minimum atomic E-state index is -3.10. The van der Waals surface area contributed by atoms with Gasteiger partial charge in [0.15, 0.2) is 0 Å². The van der Waals surface area contributed by atoms with Crippen LogP contribution in [0.2, 0.25) is 0 Å². The second-order valence-electron chi connectivity index (χ2n) is 4.19. The number of hydrogen-bond donors (Lipinski definition) is 1. The first kappa shape index (κ1) is 16.4. The van der Waals surface area contributed by atoms with Crippen LogP contribution in [0.15, 0.2) is 18.5 Å². The molecule has 0 aliphatic heterocycles. The summed E-state index contributed by atoms with van der Waals surface area (Å²) in [6.07, 6.45) is -4.44. The molecule has 2 aromatic rings. The van der Waals surface area contributed by atoms with Crippen LogP contribution in [0.4, 0.5) is 23.2 Å². The van der Waals surface area contributed by atoms with Crippen molar-refractivity contribution >= 4 is 11.6 Å². The number of rotatable bonds is 6. The molecule has 9 nitrogen and oxygen atoms in total. The molecule has 0 bridgehead atoms. The fourth-order valence-corrected chi connectivity index (χ4v) is 1.63. The molecular weight excluding hydrogens is 328 g/mol. The van der Waals surface area contributed by atoms with Crippen molar-refractivity contribution in [1.29, 1.82) is 0 Å². The van der Waals surface area contributed by atoms with Gasteiger partial charge in [-0.15, -0.1) is 0 Å². The summed E-state index contributed by atoms with van der Waals surface area (Å²) >= 11 is 0. The highest BCUT2D eigenvalue weighted by Gasteiger charge is 2.22. The summed E-state index contributed by atoms with van der Waals surface area (Å²) in [5.74, 6) is -0.936. The zero-order valence-electron chi connectivity index (χ0n) is 11.1. The van der Waals surface area contributed by atoms with Crippen LogP contribution in [-0.4, -0.2) is 30.5 Å². The quantitative estimate of drug-likeness (QED) is 0.490. The minimum absolute atomic E-state index is 0.405. The van der Waals surface area contributed by atoms with Gasteiger partial charge in [0.05, 0.1) is 4.92 Å². The van der Waals surface area contributed by atoms with E-state index in [9.17, 15) is 32.5 Å². The zero-order chi connectivity index (χ0) is 17.1. The number of carbonyl (C=O) groups excluding carboxylic acids is 1. The third kappa shape index (κ3) is 3.81. The maximum Gasteiger partial charge on any atom is 0.309 e. The highest BCUT2D eigenvalue weighted by molar-refractivity contribution is 5.83. The average Bonchev–Trinajstić information content (AvgIpc) is 3.05. The van der Waals surface area contributed by atoms with Crippen LogP contribution in [-0.2, 0) is 11.3 Å². The Bertz CT molecular complexity index is 728. The second kappa shape index (κ2) is 6.41. The van der Waals surface area contributed by atoms with E-state index in [2.05, 4.69) is 10.2 Å². The predicted octanol–water partition coefficient (Wildman–Crippen LogP) is 1.63. The van der Waals surface area contributed by atoms with E-state index in [4.69, 9.17) is 0 Å². The van der Waals surface area contributed by atoms with Gasteiger partial charge in [0, 0.05) is 0 Å². The molecule has 2 rings (SSSR count). The molecule has 0 radical (unpaired) electrons. The van der Waals surface area contributed by atoms with Gasteiger partial charge in [-0.25, -0.2) is 23.0 Å². The first-order valence-electron chi connectivity index (χ1n) is 5.90. The van der Waals surface area contributed by atoms with E-state index in [0.29, 0.717) is 15.5 Å². The molecule has 0 saturated heterocycles. The van der Waals surface area contributed by atoms with Crippen molar-refractivity contribution in [2.45, 2.75) is 19.4 Å². The van der Waals surface area contributed by atoms with Gasteiger partial charge in [-0.2, -0.15) is 15.0 Å². The number of alkyl halides is 4. The van der Waals surface area contributed by atoms with Crippen molar-refractivity contribution in [1.82, 2.24) is 19.7 Å². The standard InChI is InChI=1S/C10H8F4N6O3/c11-9(12)6-1-7(10(13)14)18(16-6)4-8(21)17-19-3-5(2-15-19)20(22)23/h1-3,9-10H,4H2,(H,17,21). The van der Waals surface area contributed by atoms with Crippen molar-refractivity contribution in [2.24, 2.45) is 0 Å². The molecule has 0 spiro atoms.